The summed E-state index contributed by atoms with van der Waals surface area (Å²) in [6.45, 7) is 11.1. The molecule has 0 radical (unpaired) electrons. The number of ether oxygens (including phenoxy) is 1. The summed E-state index contributed by atoms with van der Waals surface area (Å²) in [6, 6.07) is 7.82. The Hall–Kier alpha value is -1.97. The average molecular weight is 360 g/mol. The van der Waals surface area contributed by atoms with Crippen molar-refractivity contribution >= 4 is 17.5 Å². The normalized spacial score (nSPS) is 13.5. The van der Waals surface area contributed by atoms with Crippen LogP contribution in [0.1, 0.15) is 83.8 Å². The lowest BCUT2D eigenvalue weighted by molar-refractivity contribution is -0.150. The van der Waals surface area contributed by atoms with E-state index in [0.717, 1.165) is 5.56 Å². The number of Topliss-reactive ketones (excluding diaryl/α,β-unsaturated/α-hetero) is 2. The predicted octanol–water partition coefficient (Wildman–Crippen LogP) is 4.81. The number of ketones is 2. The molecule has 0 heterocycles. The van der Waals surface area contributed by atoms with Crippen LogP contribution in [0.15, 0.2) is 24.3 Å². The fraction of sp³-hybridized carbons (Fsp3) is 0.591. The van der Waals surface area contributed by atoms with Crippen LogP contribution < -0.4 is 0 Å². The van der Waals surface area contributed by atoms with E-state index in [1.165, 1.54) is 12.5 Å². The first kappa shape index (κ1) is 22.1. The molecule has 4 nitrogen and oxygen atoms in total. The van der Waals surface area contributed by atoms with Gasteiger partial charge >= 0.3 is 5.97 Å². The van der Waals surface area contributed by atoms with E-state index in [1.807, 2.05) is 31.2 Å². The molecule has 0 aromatic heterocycles. The third-order valence-corrected chi connectivity index (χ3v) is 4.48. The SMILES string of the molecule is CCCC(=O)C(c1ccc(C(C)C)cc1)C(CC(=O)OC(C)C)C(C)=O. The standard InChI is InChI=1S/C22H32O4/c1-7-8-20(24)22(18-11-9-17(10-12-18)14(2)3)19(16(6)23)13-21(25)26-15(4)5/h9-12,14-15,19,22H,7-8,13H2,1-6H3. The van der Waals surface area contributed by atoms with Crippen molar-refractivity contribution in [1.82, 2.24) is 0 Å². The van der Waals surface area contributed by atoms with Crippen LogP contribution in [-0.2, 0) is 19.1 Å². The molecule has 0 fully saturated rings. The van der Waals surface area contributed by atoms with E-state index in [2.05, 4.69) is 13.8 Å². The lowest BCUT2D eigenvalue weighted by Crippen LogP contribution is -2.30. The van der Waals surface area contributed by atoms with Gasteiger partial charge in [0.2, 0.25) is 0 Å². The van der Waals surface area contributed by atoms with Crippen molar-refractivity contribution in [3.8, 4) is 0 Å². The summed E-state index contributed by atoms with van der Waals surface area (Å²) in [7, 11) is 0. The molecular formula is C22H32O4. The Kier molecular flexibility index (Phi) is 8.70. The van der Waals surface area contributed by atoms with Gasteiger partial charge in [-0.3, -0.25) is 14.4 Å². The van der Waals surface area contributed by atoms with E-state index in [1.54, 1.807) is 13.8 Å². The fourth-order valence-corrected chi connectivity index (χ4v) is 3.12. The maximum atomic E-state index is 12.8. The second-order valence-corrected chi connectivity index (χ2v) is 7.48. The van der Waals surface area contributed by atoms with Gasteiger partial charge < -0.3 is 4.74 Å². The van der Waals surface area contributed by atoms with Crippen molar-refractivity contribution in [1.29, 1.82) is 0 Å². The van der Waals surface area contributed by atoms with Crippen LogP contribution in [0.2, 0.25) is 0 Å². The molecule has 0 spiro atoms. The maximum Gasteiger partial charge on any atom is 0.306 e. The fourth-order valence-electron chi connectivity index (χ4n) is 3.12. The first-order valence-electron chi connectivity index (χ1n) is 9.49. The zero-order chi connectivity index (χ0) is 19.9. The Balaban J connectivity index is 3.21. The summed E-state index contributed by atoms with van der Waals surface area (Å²) in [5.74, 6) is -1.50. The van der Waals surface area contributed by atoms with E-state index in [4.69, 9.17) is 4.74 Å². The van der Waals surface area contributed by atoms with Crippen molar-refractivity contribution in [3.05, 3.63) is 35.4 Å². The quantitative estimate of drug-likeness (QED) is 0.562. The predicted molar refractivity (Wildman–Crippen MR) is 103 cm³/mol. The van der Waals surface area contributed by atoms with Gasteiger partial charge in [-0.25, -0.2) is 0 Å². The molecule has 144 valence electrons. The monoisotopic (exact) mass is 360 g/mol. The number of benzene rings is 1. The van der Waals surface area contributed by atoms with Crippen LogP contribution in [0.3, 0.4) is 0 Å². The van der Waals surface area contributed by atoms with Gasteiger partial charge in [0.05, 0.1) is 18.4 Å². The highest BCUT2D eigenvalue weighted by atomic mass is 16.5. The number of rotatable bonds is 10. The number of hydrogen-bond donors (Lipinski definition) is 0. The van der Waals surface area contributed by atoms with Crippen molar-refractivity contribution in [2.24, 2.45) is 5.92 Å². The van der Waals surface area contributed by atoms with Gasteiger partial charge in [-0.2, -0.15) is 0 Å². The van der Waals surface area contributed by atoms with Gasteiger partial charge in [0.25, 0.3) is 0 Å². The second-order valence-electron chi connectivity index (χ2n) is 7.48. The van der Waals surface area contributed by atoms with E-state index in [-0.39, 0.29) is 24.1 Å². The summed E-state index contributed by atoms with van der Waals surface area (Å²) in [4.78, 5) is 37.3. The summed E-state index contributed by atoms with van der Waals surface area (Å²) < 4.78 is 5.20. The number of hydrogen-bond acceptors (Lipinski definition) is 4. The van der Waals surface area contributed by atoms with E-state index >= 15 is 0 Å². The third-order valence-electron chi connectivity index (χ3n) is 4.48. The Bertz CT molecular complexity index is 614. The molecule has 1 rings (SSSR count). The number of carbonyl (C=O) groups is 3. The maximum absolute atomic E-state index is 12.8. The zero-order valence-corrected chi connectivity index (χ0v) is 16.9. The van der Waals surface area contributed by atoms with Crippen LogP contribution in [0.4, 0.5) is 0 Å². The van der Waals surface area contributed by atoms with E-state index < -0.39 is 17.8 Å². The van der Waals surface area contributed by atoms with Crippen molar-refractivity contribution < 1.29 is 19.1 Å². The molecule has 2 atom stereocenters. The van der Waals surface area contributed by atoms with Gasteiger partial charge in [0, 0.05) is 12.3 Å². The van der Waals surface area contributed by atoms with Crippen LogP contribution in [0.5, 0.6) is 0 Å². The van der Waals surface area contributed by atoms with Crippen molar-refractivity contribution in [3.63, 3.8) is 0 Å². The summed E-state index contributed by atoms with van der Waals surface area (Å²) in [5, 5.41) is 0. The molecule has 1 aromatic carbocycles. The first-order valence-corrected chi connectivity index (χ1v) is 9.49. The molecule has 0 bridgehead atoms. The summed E-state index contributed by atoms with van der Waals surface area (Å²) in [6.07, 6.45) is 0.782. The second kappa shape index (κ2) is 10.2. The molecule has 0 saturated carbocycles. The Morgan fingerprint density at radius 2 is 1.50 bits per heavy atom. The largest absolute Gasteiger partial charge is 0.463 e. The molecule has 4 heteroatoms. The topological polar surface area (TPSA) is 60.4 Å². The first-order chi connectivity index (χ1) is 12.2. The smallest absolute Gasteiger partial charge is 0.306 e. The van der Waals surface area contributed by atoms with Crippen LogP contribution in [0.25, 0.3) is 0 Å². The van der Waals surface area contributed by atoms with E-state index in [9.17, 15) is 14.4 Å². The lowest BCUT2D eigenvalue weighted by atomic mass is 9.77. The molecule has 0 amide bonds. The van der Waals surface area contributed by atoms with Crippen LogP contribution in [0, 0.1) is 5.92 Å². The van der Waals surface area contributed by atoms with Crippen LogP contribution in [-0.4, -0.2) is 23.6 Å². The Morgan fingerprint density at radius 3 is 1.92 bits per heavy atom. The molecule has 1 aromatic rings. The van der Waals surface area contributed by atoms with Gasteiger partial charge in [-0.1, -0.05) is 45.0 Å². The lowest BCUT2D eigenvalue weighted by Gasteiger charge is -2.25. The minimum absolute atomic E-state index is 0.00217. The minimum atomic E-state index is -0.690. The highest BCUT2D eigenvalue weighted by Gasteiger charge is 2.34. The molecule has 0 aliphatic carbocycles. The van der Waals surface area contributed by atoms with E-state index in [0.29, 0.717) is 18.8 Å². The Morgan fingerprint density at radius 1 is 0.962 bits per heavy atom. The summed E-state index contributed by atoms with van der Waals surface area (Å²) >= 11 is 0. The van der Waals surface area contributed by atoms with Gasteiger partial charge in [0.15, 0.2) is 0 Å². The van der Waals surface area contributed by atoms with Crippen molar-refractivity contribution in [2.45, 2.75) is 78.7 Å². The summed E-state index contributed by atoms with van der Waals surface area (Å²) in [5.41, 5.74) is 1.97. The molecule has 26 heavy (non-hydrogen) atoms. The molecule has 0 saturated heterocycles. The molecule has 0 aliphatic rings. The zero-order valence-electron chi connectivity index (χ0n) is 16.9. The van der Waals surface area contributed by atoms with Gasteiger partial charge in [-0.05, 0) is 44.2 Å². The van der Waals surface area contributed by atoms with Crippen LogP contribution >= 0.6 is 0 Å². The molecular weight excluding hydrogens is 328 g/mol. The molecule has 0 N–H and O–H groups in total. The molecule has 0 aliphatic heterocycles. The number of carbonyl (C=O) groups excluding carboxylic acids is 3. The van der Waals surface area contributed by atoms with Gasteiger partial charge in [0.1, 0.15) is 11.6 Å². The molecule has 2 unspecified atom stereocenters. The Labute approximate surface area is 157 Å². The third kappa shape index (κ3) is 6.40. The number of esters is 1. The highest BCUT2D eigenvalue weighted by molar-refractivity contribution is 5.94. The minimum Gasteiger partial charge on any atom is -0.463 e. The average Bonchev–Trinajstić information content (AvgIpc) is 2.54. The van der Waals surface area contributed by atoms with Gasteiger partial charge in [-0.15, -0.1) is 0 Å². The van der Waals surface area contributed by atoms with Crippen molar-refractivity contribution in [2.75, 3.05) is 0 Å². The highest BCUT2D eigenvalue weighted by Crippen LogP contribution is 2.32.